The molecule has 4 aliphatic carbocycles. The van der Waals surface area contributed by atoms with Gasteiger partial charge in [-0.2, -0.15) is 0 Å². The van der Waals surface area contributed by atoms with Crippen LogP contribution >= 0.6 is 0 Å². The van der Waals surface area contributed by atoms with Gasteiger partial charge in [0.25, 0.3) is 0 Å². The Labute approximate surface area is 79.7 Å². The Kier molecular flexibility index (Phi) is 1.03. The Morgan fingerprint density at radius 1 is 1.08 bits per heavy atom. The highest BCUT2D eigenvalue weighted by Crippen LogP contribution is 2.71. The van der Waals surface area contributed by atoms with Gasteiger partial charge < -0.3 is 0 Å². The predicted octanol–water partition coefficient (Wildman–Crippen LogP) is 2.88. The van der Waals surface area contributed by atoms with Gasteiger partial charge in [0.2, 0.25) is 0 Å². The average Bonchev–Trinajstić information content (AvgIpc) is 2.61. The van der Waals surface area contributed by atoms with Crippen molar-refractivity contribution in [2.45, 2.75) is 12.8 Å². The van der Waals surface area contributed by atoms with Crippen LogP contribution in [0.1, 0.15) is 12.8 Å². The normalized spacial score (nSPS) is 65.1. The third kappa shape index (κ3) is 0.572. The number of rotatable bonds is 1. The van der Waals surface area contributed by atoms with Crippen molar-refractivity contribution in [1.82, 2.24) is 0 Å². The van der Waals surface area contributed by atoms with E-state index in [0.717, 1.165) is 41.4 Å². The van der Waals surface area contributed by atoms with Gasteiger partial charge in [0.15, 0.2) is 0 Å². The highest BCUT2D eigenvalue weighted by atomic mass is 14.7. The van der Waals surface area contributed by atoms with E-state index in [-0.39, 0.29) is 0 Å². The lowest BCUT2D eigenvalue weighted by molar-refractivity contribution is -0.0368. The van der Waals surface area contributed by atoms with Crippen LogP contribution in [0.2, 0.25) is 0 Å². The van der Waals surface area contributed by atoms with E-state index in [1.54, 1.807) is 0 Å². The molecule has 0 amide bonds. The average molecular weight is 172 g/mol. The van der Waals surface area contributed by atoms with Crippen molar-refractivity contribution in [3.63, 3.8) is 0 Å². The summed E-state index contributed by atoms with van der Waals surface area (Å²) in [5.41, 5.74) is 0. The van der Waals surface area contributed by atoms with Gasteiger partial charge in [0.1, 0.15) is 0 Å². The molecule has 0 heterocycles. The van der Waals surface area contributed by atoms with Gasteiger partial charge in [-0.1, -0.05) is 18.2 Å². The van der Waals surface area contributed by atoms with E-state index in [9.17, 15) is 0 Å². The number of fused-ring (bicyclic) bond motifs is 8. The number of allylic oxidation sites excluding steroid dienone is 3. The highest BCUT2D eigenvalue weighted by Gasteiger charge is 2.65. The van der Waals surface area contributed by atoms with E-state index in [1.807, 2.05) is 0 Å². The zero-order valence-corrected chi connectivity index (χ0v) is 7.89. The highest BCUT2D eigenvalue weighted by molar-refractivity contribution is 5.28. The summed E-state index contributed by atoms with van der Waals surface area (Å²) in [7, 11) is 0. The van der Waals surface area contributed by atoms with Crippen LogP contribution in [-0.4, -0.2) is 0 Å². The summed E-state index contributed by atoms with van der Waals surface area (Å²) < 4.78 is 0. The van der Waals surface area contributed by atoms with Crippen LogP contribution in [0.25, 0.3) is 0 Å². The maximum Gasteiger partial charge on any atom is -0.0133 e. The molecule has 13 heavy (non-hydrogen) atoms. The van der Waals surface area contributed by atoms with Crippen LogP contribution in [0, 0.1) is 41.4 Å². The molecule has 68 valence electrons. The molecule has 7 unspecified atom stereocenters. The Hall–Kier alpha value is -0.520. The number of hydrogen-bond acceptors (Lipinski definition) is 0. The first-order chi connectivity index (χ1) is 6.40. The first-order valence-electron chi connectivity index (χ1n) is 5.71. The predicted molar refractivity (Wildman–Crippen MR) is 53.0 cm³/mol. The minimum atomic E-state index is 0.876. The standard InChI is InChI=1S/C13H16/c1-2-7-5-8-6-11(7)13-10-4-3-9(10)12(8)13/h2-4,7-13H,1,5-6H2. The van der Waals surface area contributed by atoms with Gasteiger partial charge in [0.05, 0.1) is 0 Å². The monoisotopic (exact) mass is 172 g/mol. The second kappa shape index (κ2) is 1.94. The van der Waals surface area contributed by atoms with Crippen molar-refractivity contribution in [1.29, 1.82) is 0 Å². The fraction of sp³-hybridized carbons (Fsp3) is 0.692. The van der Waals surface area contributed by atoms with Crippen LogP contribution in [0.15, 0.2) is 24.8 Å². The van der Waals surface area contributed by atoms with Gasteiger partial charge in [-0.3, -0.25) is 0 Å². The van der Waals surface area contributed by atoms with Crippen LogP contribution in [-0.2, 0) is 0 Å². The molecule has 0 saturated heterocycles. The molecule has 0 aliphatic heterocycles. The van der Waals surface area contributed by atoms with E-state index in [4.69, 9.17) is 0 Å². The largest absolute Gasteiger partial charge is 0.103 e. The lowest BCUT2D eigenvalue weighted by Crippen LogP contribution is -2.53. The molecule has 0 N–H and O–H groups in total. The zero-order chi connectivity index (χ0) is 8.58. The molecular weight excluding hydrogens is 156 g/mol. The summed E-state index contributed by atoms with van der Waals surface area (Å²) in [4.78, 5) is 0. The van der Waals surface area contributed by atoms with Crippen LogP contribution in [0.3, 0.4) is 0 Å². The Bertz CT molecular complexity index is 301. The molecule has 0 nitrogen and oxygen atoms in total. The summed E-state index contributed by atoms with van der Waals surface area (Å²) in [6, 6.07) is 0. The fourth-order valence-electron chi connectivity index (χ4n) is 4.88. The maximum atomic E-state index is 3.99. The molecule has 2 bridgehead atoms. The Morgan fingerprint density at radius 3 is 2.54 bits per heavy atom. The summed E-state index contributed by atoms with van der Waals surface area (Å²) in [5.74, 6) is 7.19. The van der Waals surface area contributed by atoms with Crippen LogP contribution in [0.5, 0.6) is 0 Å². The lowest BCUT2D eigenvalue weighted by Gasteiger charge is -2.58. The van der Waals surface area contributed by atoms with Crippen molar-refractivity contribution < 1.29 is 0 Å². The Morgan fingerprint density at radius 2 is 1.85 bits per heavy atom. The molecule has 0 radical (unpaired) electrons. The third-order valence-corrected chi connectivity index (χ3v) is 5.37. The van der Waals surface area contributed by atoms with Crippen LogP contribution in [0.4, 0.5) is 0 Å². The topological polar surface area (TPSA) is 0 Å². The SMILES string of the molecule is C=CC1CC2CC1C1C3C=CC3C21. The number of hydrogen-bond donors (Lipinski definition) is 0. The quantitative estimate of drug-likeness (QED) is 0.533. The molecule has 3 saturated carbocycles. The van der Waals surface area contributed by atoms with E-state index >= 15 is 0 Å². The molecule has 4 aliphatic rings. The van der Waals surface area contributed by atoms with E-state index in [1.165, 1.54) is 12.8 Å². The van der Waals surface area contributed by atoms with Gasteiger partial charge in [-0.25, -0.2) is 0 Å². The Balaban J connectivity index is 1.71. The minimum absolute atomic E-state index is 0.876. The first-order valence-corrected chi connectivity index (χ1v) is 5.71. The molecule has 3 fully saturated rings. The first kappa shape index (κ1) is 6.86. The van der Waals surface area contributed by atoms with Crippen molar-refractivity contribution in [2.24, 2.45) is 41.4 Å². The molecule has 4 rings (SSSR count). The minimum Gasteiger partial charge on any atom is -0.103 e. The van der Waals surface area contributed by atoms with E-state index in [0.29, 0.717) is 0 Å². The van der Waals surface area contributed by atoms with Gasteiger partial charge in [0, 0.05) is 0 Å². The molecule has 0 aromatic carbocycles. The maximum absolute atomic E-state index is 3.99. The van der Waals surface area contributed by atoms with Crippen molar-refractivity contribution in [3.8, 4) is 0 Å². The van der Waals surface area contributed by atoms with Gasteiger partial charge >= 0.3 is 0 Å². The van der Waals surface area contributed by atoms with Crippen molar-refractivity contribution in [3.05, 3.63) is 24.8 Å². The fourth-order valence-corrected chi connectivity index (χ4v) is 4.88. The van der Waals surface area contributed by atoms with E-state index in [2.05, 4.69) is 24.8 Å². The van der Waals surface area contributed by atoms with Gasteiger partial charge in [-0.15, -0.1) is 6.58 Å². The molecule has 0 aromatic heterocycles. The van der Waals surface area contributed by atoms with Gasteiger partial charge in [-0.05, 0) is 54.3 Å². The molecule has 0 aromatic rings. The van der Waals surface area contributed by atoms with E-state index < -0.39 is 0 Å². The second-order valence-electron chi connectivity index (χ2n) is 5.49. The third-order valence-electron chi connectivity index (χ3n) is 5.37. The van der Waals surface area contributed by atoms with Crippen LogP contribution < -0.4 is 0 Å². The summed E-state index contributed by atoms with van der Waals surface area (Å²) in [6.45, 7) is 3.99. The van der Waals surface area contributed by atoms with Crippen molar-refractivity contribution in [2.75, 3.05) is 0 Å². The zero-order valence-electron chi connectivity index (χ0n) is 7.89. The molecule has 0 spiro atoms. The summed E-state index contributed by atoms with van der Waals surface area (Å²) >= 11 is 0. The molecule has 0 heteroatoms. The summed E-state index contributed by atoms with van der Waals surface area (Å²) in [5, 5.41) is 0. The summed E-state index contributed by atoms with van der Waals surface area (Å²) in [6.07, 6.45) is 10.2. The van der Waals surface area contributed by atoms with Crippen molar-refractivity contribution >= 4 is 0 Å². The smallest absolute Gasteiger partial charge is 0.0133 e. The molecular formula is C13H16. The second-order valence-corrected chi connectivity index (χ2v) is 5.49. The molecule has 7 atom stereocenters. The lowest BCUT2D eigenvalue weighted by atomic mass is 9.46.